The molecule has 0 radical (unpaired) electrons. The third-order valence-corrected chi connectivity index (χ3v) is 4.29. The molecule has 8 nitrogen and oxygen atoms in total. The molecule has 0 saturated carbocycles. The summed E-state index contributed by atoms with van der Waals surface area (Å²) in [5, 5.41) is 15.5. The molecule has 1 fully saturated rings. The summed E-state index contributed by atoms with van der Waals surface area (Å²) in [4.78, 5) is 26.8. The fourth-order valence-electron chi connectivity index (χ4n) is 2.80. The Hall–Kier alpha value is -2.61. The number of rotatable bonds is 3. The van der Waals surface area contributed by atoms with E-state index in [1.54, 1.807) is 4.90 Å². The van der Waals surface area contributed by atoms with Gasteiger partial charge in [-0.3, -0.25) is 19.6 Å². The van der Waals surface area contributed by atoms with Crippen molar-refractivity contribution >= 4 is 28.9 Å². The van der Waals surface area contributed by atoms with Gasteiger partial charge in [-0.1, -0.05) is 17.7 Å². The van der Waals surface area contributed by atoms with Crippen LogP contribution >= 0.6 is 11.6 Å². The highest BCUT2D eigenvalue weighted by Gasteiger charge is 2.31. The number of anilines is 1. The molecular weight excluding hydrogens is 334 g/mol. The molecule has 1 aliphatic rings. The zero-order valence-corrected chi connectivity index (χ0v) is 13.8. The van der Waals surface area contributed by atoms with Gasteiger partial charge in [0.1, 0.15) is 6.20 Å². The number of aromatic nitrogens is 2. The van der Waals surface area contributed by atoms with Crippen molar-refractivity contribution in [1.29, 1.82) is 0 Å². The molecule has 3 rings (SSSR count). The summed E-state index contributed by atoms with van der Waals surface area (Å²) < 4.78 is 1.25. The maximum absolute atomic E-state index is 12.6. The van der Waals surface area contributed by atoms with E-state index in [-0.39, 0.29) is 17.3 Å². The highest BCUT2D eigenvalue weighted by Crippen LogP contribution is 2.23. The minimum absolute atomic E-state index is 0.0104. The Kier molecular flexibility index (Phi) is 4.39. The Morgan fingerprint density at radius 3 is 2.62 bits per heavy atom. The predicted molar refractivity (Wildman–Crippen MR) is 89.4 cm³/mol. The van der Waals surface area contributed by atoms with Gasteiger partial charge in [0.25, 0.3) is 5.91 Å². The van der Waals surface area contributed by atoms with Crippen LogP contribution in [0.1, 0.15) is 10.5 Å². The topological polar surface area (TPSA) is 84.5 Å². The molecule has 0 spiro atoms. The summed E-state index contributed by atoms with van der Waals surface area (Å²) in [5.41, 5.74) is 0.747. The standard InChI is InChI=1S/C15H16ClN5O3/c1-18-14(13(10-17-18)21(23)24)15(22)20-7-5-19(6-8-20)12-4-2-3-11(16)9-12/h2-4,9-10H,5-8H2,1H3. The lowest BCUT2D eigenvalue weighted by Crippen LogP contribution is -2.49. The normalized spacial score (nSPS) is 14.8. The third kappa shape index (κ3) is 3.05. The van der Waals surface area contributed by atoms with Gasteiger partial charge in [0.15, 0.2) is 0 Å². The van der Waals surface area contributed by atoms with Gasteiger partial charge >= 0.3 is 5.69 Å². The number of halogens is 1. The third-order valence-electron chi connectivity index (χ3n) is 4.06. The quantitative estimate of drug-likeness (QED) is 0.624. The lowest BCUT2D eigenvalue weighted by atomic mass is 10.2. The van der Waals surface area contributed by atoms with Crippen LogP contribution in [0.4, 0.5) is 11.4 Å². The zero-order chi connectivity index (χ0) is 17.3. The minimum atomic E-state index is -0.581. The summed E-state index contributed by atoms with van der Waals surface area (Å²) >= 11 is 6.01. The first-order valence-corrected chi connectivity index (χ1v) is 7.81. The first-order valence-electron chi connectivity index (χ1n) is 7.43. The second-order valence-electron chi connectivity index (χ2n) is 5.52. The number of carbonyl (C=O) groups is 1. The van der Waals surface area contributed by atoms with Gasteiger partial charge in [-0.2, -0.15) is 5.10 Å². The Bertz CT molecular complexity index is 783. The average Bonchev–Trinajstić information content (AvgIpc) is 2.96. The maximum atomic E-state index is 12.6. The van der Waals surface area contributed by atoms with Crippen LogP contribution in [0.25, 0.3) is 0 Å². The number of piperazine rings is 1. The van der Waals surface area contributed by atoms with Crippen LogP contribution in [0.5, 0.6) is 0 Å². The van der Waals surface area contributed by atoms with Crippen molar-refractivity contribution in [3.8, 4) is 0 Å². The van der Waals surface area contributed by atoms with Crippen LogP contribution in [-0.4, -0.2) is 51.7 Å². The van der Waals surface area contributed by atoms with Crippen molar-refractivity contribution in [1.82, 2.24) is 14.7 Å². The number of nitrogens with zero attached hydrogens (tertiary/aromatic N) is 5. The van der Waals surface area contributed by atoms with Crippen molar-refractivity contribution in [2.45, 2.75) is 0 Å². The number of aryl methyl sites for hydroxylation is 1. The second kappa shape index (κ2) is 6.48. The van der Waals surface area contributed by atoms with Gasteiger partial charge in [-0.15, -0.1) is 0 Å². The van der Waals surface area contributed by atoms with E-state index in [1.807, 2.05) is 24.3 Å². The summed E-state index contributed by atoms with van der Waals surface area (Å²) in [6.07, 6.45) is 1.11. The molecule has 0 atom stereocenters. The van der Waals surface area contributed by atoms with E-state index in [2.05, 4.69) is 10.00 Å². The molecule has 1 amide bonds. The molecule has 0 bridgehead atoms. The highest BCUT2D eigenvalue weighted by atomic mass is 35.5. The molecule has 0 N–H and O–H groups in total. The molecular formula is C15H16ClN5O3. The smallest absolute Gasteiger partial charge is 0.320 e. The van der Waals surface area contributed by atoms with Crippen molar-refractivity contribution in [2.24, 2.45) is 7.05 Å². The summed E-state index contributed by atoms with van der Waals surface area (Å²) in [5.74, 6) is -0.368. The van der Waals surface area contributed by atoms with Crippen LogP contribution in [-0.2, 0) is 7.05 Å². The van der Waals surface area contributed by atoms with Gasteiger partial charge < -0.3 is 9.80 Å². The Morgan fingerprint density at radius 2 is 2.00 bits per heavy atom. The monoisotopic (exact) mass is 349 g/mol. The summed E-state index contributed by atoms with van der Waals surface area (Å²) in [6.45, 7) is 2.23. The number of carbonyl (C=O) groups excluding carboxylic acids is 1. The second-order valence-corrected chi connectivity index (χ2v) is 5.95. The summed E-state index contributed by atoms with van der Waals surface area (Å²) in [6, 6.07) is 7.54. The number of benzene rings is 1. The van der Waals surface area contributed by atoms with E-state index in [0.29, 0.717) is 31.2 Å². The molecule has 2 aromatic rings. The molecule has 24 heavy (non-hydrogen) atoms. The van der Waals surface area contributed by atoms with Crippen molar-refractivity contribution in [3.63, 3.8) is 0 Å². The number of nitro groups is 1. The van der Waals surface area contributed by atoms with Gasteiger partial charge in [0, 0.05) is 43.9 Å². The average molecular weight is 350 g/mol. The predicted octanol–water partition coefficient (Wildman–Crippen LogP) is 1.94. The lowest BCUT2D eigenvalue weighted by molar-refractivity contribution is -0.385. The largest absolute Gasteiger partial charge is 0.368 e. The van der Waals surface area contributed by atoms with Crippen LogP contribution in [0.15, 0.2) is 30.5 Å². The molecule has 126 valence electrons. The molecule has 1 aliphatic heterocycles. The minimum Gasteiger partial charge on any atom is -0.368 e. The van der Waals surface area contributed by atoms with Crippen molar-refractivity contribution in [3.05, 3.63) is 51.3 Å². The number of hydrogen-bond donors (Lipinski definition) is 0. The maximum Gasteiger partial charge on any atom is 0.320 e. The van der Waals surface area contributed by atoms with Gasteiger partial charge in [-0.05, 0) is 18.2 Å². The van der Waals surface area contributed by atoms with E-state index in [9.17, 15) is 14.9 Å². The molecule has 1 aromatic heterocycles. The lowest BCUT2D eigenvalue weighted by Gasteiger charge is -2.36. The van der Waals surface area contributed by atoms with Gasteiger partial charge in [0.05, 0.1) is 4.92 Å². The van der Waals surface area contributed by atoms with Crippen molar-refractivity contribution < 1.29 is 9.72 Å². The molecule has 1 aromatic carbocycles. The van der Waals surface area contributed by atoms with Crippen molar-refractivity contribution in [2.75, 3.05) is 31.1 Å². The van der Waals surface area contributed by atoms with E-state index in [4.69, 9.17) is 11.6 Å². The zero-order valence-electron chi connectivity index (χ0n) is 13.1. The Morgan fingerprint density at radius 1 is 1.29 bits per heavy atom. The van der Waals surface area contributed by atoms with Crippen LogP contribution in [0.3, 0.4) is 0 Å². The van der Waals surface area contributed by atoms with E-state index >= 15 is 0 Å². The molecule has 0 unspecified atom stereocenters. The van der Waals surface area contributed by atoms with E-state index in [1.165, 1.54) is 11.7 Å². The van der Waals surface area contributed by atoms with E-state index in [0.717, 1.165) is 11.9 Å². The summed E-state index contributed by atoms with van der Waals surface area (Å²) in [7, 11) is 1.53. The number of hydrogen-bond acceptors (Lipinski definition) is 5. The fraction of sp³-hybridized carbons (Fsp3) is 0.333. The SMILES string of the molecule is Cn1ncc([N+](=O)[O-])c1C(=O)N1CCN(c2cccc(Cl)c2)CC1. The highest BCUT2D eigenvalue weighted by molar-refractivity contribution is 6.30. The van der Waals surface area contributed by atoms with Crippen LogP contribution in [0, 0.1) is 10.1 Å². The van der Waals surface area contributed by atoms with Gasteiger partial charge in [0.2, 0.25) is 5.69 Å². The molecule has 0 aliphatic carbocycles. The van der Waals surface area contributed by atoms with Crippen LogP contribution < -0.4 is 4.90 Å². The first kappa shape index (κ1) is 16.3. The fourth-order valence-corrected chi connectivity index (χ4v) is 2.98. The molecule has 2 heterocycles. The van der Waals surface area contributed by atoms with Gasteiger partial charge in [-0.25, -0.2) is 0 Å². The van der Waals surface area contributed by atoms with Crippen LogP contribution in [0.2, 0.25) is 5.02 Å². The molecule has 1 saturated heterocycles. The van der Waals surface area contributed by atoms with E-state index < -0.39 is 4.92 Å². The molecule has 9 heteroatoms. The first-order chi connectivity index (χ1) is 11.5. The Balaban J connectivity index is 1.72. The Labute approximate surface area is 143 Å². The number of amides is 1.